The Bertz CT molecular complexity index is 767. The third kappa shape index (κ3) is 1.23. The maximum atomic E-state index is 12.6. The number of carbonyl (C=O) groups excluding carboxylic acids is 2. The molecule has 0 saturated heterocycles. The van der Waals surface area contributed by atoms with Crippen LogP contribution in [0.1, 0.15) is 37.5 Å². The van der Waals surface area contributed by atoms with Crippen LogP contribution in [0.3, 0.4) is 0 Å². The van der Waals surface area contributed by atoms with Gasteiger partial charge in [0, 0.05) is 34.1 Å². The first kappa shape index (κ1) is 11.3. The van der Waals surface area contributed by atoms with Crippen molar-refractivity contribution < 1.29 is 19.5 Å². The number of hydrogen-bond donors (Lipinski definition) is 1. The first-order valence-corrected chi connectivity index (χ1v) is 6.47. The lowest BCUT2D eigenvalue weighted by atomic mass is 9.79. The van der Waals surface area contributed by atoms with Crippen molar-refractivity contribution in [2.24, 2.45) is 11.8 Å². The van der Waals surface area contributed by atoms with E-state index in [-0.39, 0.29) is 34.5 Å². The SMILES string of the molecule is O=C(O)c1ccc2c(c1)C(=O)C1=C(C2=O)C2C=CC1C2. The van der Waals surface area contributed by atoms with Crippen molar-refractivity contribution in [3.63, 3.8) is 0 Å². The van der Waals surface area contributed by atoms with Crippen molar-refractivity contribution in [2.45, 2.75) is 6.42 Å². The number of carboxylic acids is 1. The molecular weight excluding hydrogens is 256 g/mol. The van der Waals surface area contributed by atoms with Crippen LogP contribution < -0.4 is 0 Å². The molecule has 2 atom stereocenters. The van der Waals surface area contributed by atoms with Crippen LogP contribution in [-0.4, -0.2) is 22.6 Å². The zero-order chi connectivity index (χ0) is 14.0. The first-order valence-electron chi connectivity index (χ1n) is 6.47. The highest BCUT2D eigenvalue weighted by Crippen LogP contribution is 2.48. The van der Waals surface area contributed by atoms with Gasteiger partial charge in [0.1, 0.15) is 0 Å². The average molecular weight is 266 g/mol. The summed E-state index contributed by atoms with van der Waals surface area (Å²) in [5, 5.41) is 9.01. The second-order valence-electron chi connectivity index (χ2n) is 5.38. The van der Waals surface area contributed by atoms with Crippen LogP contribution in [0.4, 0.5) is 0 Å². The summed E-state index contributed by atoms with van der Waals surface area (Å²) in [5.74, 6) is -1.33. The molecule has 4 rings (SSSR count). The number of rotatable bonds is 1. The minimum absolute atomic E-state index is 0.0214. The molecule has 3 aliphatic rings. The molecule has 0 aromatic heterocycles. The lowest BCUT2D eigenvalue weighted by Crippen LogP contribution is -2.24. The maximum Gasteiger partial charge on any atom is 0.335 e. The Morgan fingerprint density at radius 1 is 1.00 bits per heavy atom. The van der Waals surface area contributed by atoms with E-state index >= 15 is 0 Å². The number of fused-ring (bicyclic) bond motifs is 5. The number of carboxylic acid groups (broad SMARTS) is 1. The van der Waals surface area contributed by atoms with Gasteiger partial charge in [-0.25, -0.2) is 4.79 Å². The summed E-state index contributed by atoms with van der Waals surface area (Å²) in [5.41, 5.74) is 1.80. The summed E-state index contributed by atoms with van der Waals surface area (Å²) in [7, 11) is 0. The van der Waals surface area contributed by atoms with Crippen molar-refractivity contribution in [1.82, 2.24) is 0 Å². The fraction of sp³-hybridized carbons (Fsp3) is 0.188. The lowest BCUT2D eigenvalue weighted by molar-refractivity contribution is 0.0696. The number of ketones is 2. The molecule has 0 fully saturated rings. The van der Waals surface area contributed by atoms with E-state index < -0.39 is 5.97 Å². The summed E-state index contributed by atoms with van der Waals surface area (Å²) in [6, 6.07) is 4.15. The zero-order valence-corrected chi connectivity index (χ0v) is 10.4. The van der Waals surface area contributed by atoms with E-state index in [2.05, 4.69) is 0 Å². The van der Waals surface area contributed by atoms with Crippen molar-refractivity contribution in [3.05, 3.63) is 58.2 Å². The molecule has 1 aromatic carbocycles. The number of benzene rings is 1. The Kier molecular flexibility index (Phi) is 2.01. The number of allylic oxidation sites excluding steroid dienone is 4. The largest absolute Gasteiger partial charge is 0.478 e. The highest BCUT2D eigenvalue weighted by Gasteiger charge is 2.45. The standard InChI is InChI=1S/C16H10O4/c17-14-10-4-3-9(16(19)20)6-11(10)15(18)13-8-2-1-7(5-8)12(13)14/h1-4,6-8H,5H2,(H,19,20). The second kappa shape index (κ2) is 3.54. The van der Waals surface area contributed by atoms with Crippen LogP contribution in [0.25, 0.3) is 0 Å². The van der Waals surface area contributed by atoms with E-state index in [1.807, 2.05) is 12.2 Å². The Hall–Kier alpha value is -2.49. The van der Waals surface area contributed by atoms with Gasteiger partial charge >= 0.3 is 5.97 Å². The molecule has 1 N–H and O–H groups in total. The minimum Gasteiger partial charge on any atom is -0.478 e. The average Bonchev–Trinajstić information content (AvgIpc) is 3.05. The van der Waals surface area contributed by atoms with Gasteiger partial charge in [0.15, 0.2) is 11.6 Å². The van der Waals surface area contributed by atoms with E-state index in [9.17, 15) is 14.4 Å². The van der Waals surface area contributed by atoms with Crippen LogP contribution in [0.2, 0.25) is 0 Å². The van der Waals surface area contributed by atoms with Gasteiger partial charge in [0.2, 0.25) is 0 Å². The Balaban J connectivity index is 1.92. The summed E-state index contributed by atoms with van der Waals surface area (Å²) in [6.07, 6.45) is 4.76. The number of aromatic carboxylic acids is 1. The third-order valence-electron chi connectivity index (χ3n) is 4.36. The molecule has 0 heterocycles. The molecule has 0 amide bonds. The molecule has 4 nitrogen and oxygen atoms in total. The summed E-state index contributed by atoms with van der Waals surface area (Å²) >= 11 is 0. The molecule has 2 unspecified atom stereocenters. The second-order valence-corrected chi connectivity index (χ2v) is 5.38. The molecule has 0 saturated carbocycles. The van der Waals surface area contributed by atoms with E-state index in [0.717, 1.165) is 6.42 Å². The van der Waals surface area contributed by atoms with Crippen LogP contribution in [0.15, 0.2) is 41.5 Å². The molecule has 0 aliphatic heterocycles. The van der Waals surface area contributed by atoms with E-state index in [1.165, 1.54) is 18.2 Å². The molecule has 0 spiro atoms. The van der Waals surface area contributed by atoms with Crippen molar-refractivity contribution in [2.75, 3.05) is 0 Å². The van der Waals surface area contributed by atoms with Crippen molar-refractivity contribution >= 4 is 17.5 Å². The van der Waals surface area contributed by atoms with Gasteiger partial charge in [-0.1, -0.05) is 12.2 Å². The molecular formula is C16H10O4. The fourth-order valence-electron chi connectivity index (χ4n) is 3.46. The van der Waals surface area contributed by atoms with Gasteiger partial charge in [-0.3, -0.25) is 9.59 Å². The van der Waals surface area contributed by atoms with Gasteiger partial charge in [-0.2, -0.15) is 0 Å². The summed E-state index contributed by atoms with van der Waals surface area (Å²) in [6.45, 7) is 0. The van der Waals surface area contributed by atoms with Gasteiger partial charge in [0.25, 0.3) is 0 Å². The number of carbonyl (C=O) groups is 3. The van der Waals surface area contributed by atoms with Crippen molar-refractivity contribution in [3.8, 4) is 0 Å². The monoisotopic (exact) mass is 266 g/mol. The molecule has 98 valence electrons. The maximum absolute atomic E-state index is 12.6. The van der Waals surface area contributed by atoms with Crippen LogP contribution in [0, 0.1) is 11.8 Å². The molecule has 0 radical (unpaired) electrons. The summed E-state index contributed by atoms with van der Waals surface area (Å²) < 4.78 is 0. The summed E-state index contributed by atoms with van der Waals surface area (Å²) in [4.78, 5) is 36.1. The highest BCUT2D eigenvalue weighted by molar-refractivity contribution is 6.28. The first-order chi connectivity index (χ1) is 9.58. The highest BCUT2D eigenvalue weighted by atomic mass is 16.4. The third-order valence-corrected chi connectivity index (χ3v) is 4.36. The number of hydrogen-bond acceptors (Lipinski definition) is 3. The molecule has 2 bridgehead atoms. The van der Waals surface area contributed by atoms with Crippen LogP contribution >= 0.6 is 0 Å². The quantitative estimate of drug-likeness (QED) is 0.791. The Labute approximate surface area is 114 Å². The van der Waals surface area contributed by atoms with Crippen LogP contribution in [-0.2, 0) is 0 Å². The lowest BCUT2D eigenvalue weighted by Gasteiger charge is -2.21. The van der Waals surface area contributed by atoms with Gasteiger partial charge in [-0.15, -0.1) is 0 Å². The van der Waals surface area contributed by atoms with Crippen molar-refractivity contribution in [1.29, 1.82) is 0 Å². The fourth-order valence-corrected chi connectivity index (χ4v) is 3.46. The van der Waals surface area contributed by atoms with Gasteiger partial charge < -0.3 is 5.11 Å². The molecule has 1 aromatic rings. The molecule has 4 heteroatoms. The van der Waals surface area contributed by atoms with E-state index in [1.54, 1.807) is 0 Å². The zero-order valence-electron chi connectivity index (χ0n) is 10.4. The predicted molar refractivity (Wildman–Crippen MR) is 69.8 cm³/mol. The molecule has 3 aliphatic carbocycles. The van der Waals surface area contributed by atoms with E-state index in [0.29, 0.717) is 16.7 Å². The van der Waals surface area contributed by atoms with E-state index in [4.69, 9.17) is 5.11 Å². The van der Waals surface area contributed by atoms with Gasteiger partial charge in [0.05, 0.1) is 5.56 Å². The topological polar surface area (TPSA) is 71.4 Å². The Morgan fingerprint density at radius 2 is 1.60 bits per heavy atom. The van der Waals surface area contributed by atoms with Crippen LogP contribution in [0.5, 0.6) is 0 Å². The predicted octanol–water partition coefficient (Wildman–Crippen LogP) is 2.27. The smallest absolute Gasteiger partial charge is 0.335 e. The molecule has 20 heavy (non-hydrogen) atoms. The Morgan fingerprint density at radius 3 is 2.20 bits per heavy atom. The van der Waals surface area contributed by atoms with Gasteiger partial charge in [-0.05, 0) is 24.6 Å². The number of Topliss-reactive ketones (excluding diaryl/α,β-unsaturated/α-hetero) is 2. The normalized spacial score (nSPS) is 26.0. The minimum atomic E-state index is -1.10.